The second-order valence-electron chi connectivity index (χ2n) is 5.77. The van der Waals surface area contributed by atoms with Gasteiger partial charge in [-0.2, -0.15) is 17.7 Å². The van der Waals surface area contributed by atoms with Gasteiger partial charge in [0.2, 0.25) is 5.91 Å². The summed E-state index contributed by atoms with van der Waals surface area (Å²) in [6, 6.07) is 9.52. The van der Waals surface area contributed by atoms with Gasteiger partial charge in [0.15, 0.2) is 5.82 Å². The minimum absolute atomic E-state index is 0.0695. The zero-order valence-electron chi connectivity index (χ0n) is 12.9. The molecule has 1 aromatic heterocycles. The average Bonchev–Trinajstić information content (AvgIpc) is 2.98. The number of amides is 1. The van der Waals surface area contributed by atoms with Gasteiger partial charge in [0.25, 0.3) is 0 Å². The second kappa shape index (κ2) is 7.17. The molecule has 1 aromatic carbocycles. The third-order valence-corrected chi connectivity index (χ3v) is 4.50. The fourth-order valence-corrected chi connectivity index (χ4v) is 3.20. The van der Waals surface area contributed by atoms with Crippen molar-refractivity contribution in [2.75, 3.05) is 18.8 Å². The van der Waals surface area contributed by atoms with E-state index >= 15 is 0 Å². The Hall–Kier alpha value is -1.82. The van der Waals surface area contributed by atoms with E-state index in [1.807, 2.05) is 35.2 Å². The monoisotopic (exact) mass is 333 g/mol. The molecule has 0 N–H and O–H groups in total. The molecule has 0 aliphatic carbocycles. The highest BCUT2D eigenvalue weighted by Gasteiger charge is 2.27. The number of rotatable bonds is 4. The van der Waals surface area contributed by atoms with E-state index in [9.17, 15) is 9.18 Å². The lowest BCUT2D eigenvalue weighted by Gasteiger charge is -2.31. The van der Waals surface area contributed by atoms with Crippen LogP contribution >= 0.6 is 12.6 Å². The highest BCUT2D eigenvalue weighted by atomic mass is 32.1. The molecular formula is C17H20FN3OS. The quantitative estimate of drug-likeness (QED) is 0.874. The number of halogens is 1. The van der Waals surface area contributed by atoms with Crippen molar-refractivity contribution in [2.45, 2.75) is 25.2 Å². The number of carbonyl (C=O) groups is 1. The predicted molar refractivity (Wildman–Crippen MR) is 90.5 cm³/mol. The van der Waals surface area contributed by atoms with Gasteiger partial charge in [-0.25, -0.2) is 9.07 Å². The second-order valence-corrected chi connectivity index (χ2v) is 6.22. The lowest BCUT2D eigenvalue weighted by molar-refractivity contribution is -0.131. The molecule has 122 valence electrons. The maximum Gasteiger partial charge on any atom is 0.223 e. The number of hydrogen-bond acceptors (Lipinski definition) is 3. The highest BCUT2D eigenvalue weighted by Crippen LogP contribution is 2.29. The molecule has 1 fully saturated rings. The Labute approximate surface area is 140 Å². The van der Waals surface area contributed by atoms with Crippen molar-refractivity contribution in [2.24, 2.45) is 0 Å². The molecule has 1 aliphatic rings. The Bertz CT molecular complexity index is 666. The highest BCUT2D eigenvalue weighted by molar-refractivity contribution is 7.80. The van der Waals surface area contributed by atoms with Crippen LogP contribution < -0.4 is 0 Å². The largest absolute Gasteiger partial charge is 0.343 e. The van der Waals surface area contributed by atoms with Gasteiger partial charge in [0.1, 0.15) is 5.69 Å². The van der Waals surface area contributed by atoms with Crippen molar-refractivity contribution in [1.82, 2.24) is 14.7 Å². The smallest absolute Gasteiger partial charge is 0.223 e. The van der Waals surface area contributed by atoms with Gasteiger partial charge >= 0.3 is 0 Å². The number of carbonyl (C=O) groups excluding carboxylic acids is 1. The van der Waals surface area contributed by atoms with E-state index in [2.05, 4.69) is 17.7 Å². The van der Waals surface area contributed by atoms with Crippen LogP contribution in [-0.4, -0.2) is 39.4 Å². The van der Waals surface area contributed by atoms with Crippen molar-refractivity contribution in [3.8, 4) is 5.69 Å². The van der Waals surface area contributed by atoms with Gasteiger partial charge in [0.05, 0.1) is 11.9 Å². The van der Waals surface area contributed by atoms with E-state index in [0.29, 0.717) is 31.0 Å². The van der Waals surface area contributed by atoms with Gasteiger partial charge < -0.3 is 4.90 Å². The van der Waals surface area contributed by atoms with Crippen LogP contribution in [0, 0.1) is 5.82 Å². The SMILES string of the molecule is O=C(CCS)N1CCC(c2nn(-c3ccccc3)cc2F)CC1. The summed E-state index contributed by atoms with van der Waals surface area (Å²) in [6.45, 7) is 1.32. The topological polar surface area (TPSA) is 38.1 Å². The number of benzene rings is 1. The molecule has 0 spiro atoms. The van der Waals surface area contributed by atoms with Crippen LogP contribution in [-0.2, 0) is 4.79 Å². The minimum atomic E-state index is -0.269. The zero-order chi connectivity index (χ0) is 16.2. The summed E-state index contributed by atoms with van der Waals surface area (Å²) >= 11 is 4.10. The number of thiol groups is 1. The summed E-state index contributed by atoms with van der Waals surface area (Å²) in [4.78, 5) is 13.7. The van der Waals surface area contributed by atoms with Crippen LogP contribution in [0.25, 0.3) is 5.69 Å². The molecule has 0 saturated carbocycles. The third-order valence-electron chi connectivity index (χ3n) is 4.28. The summed E-state index contributed by atoms with van der Waals surface area (Å²) in [6.07, 6.45) is 3.40. The van der Waals surface area contributed by atoms with Crippen LogP contribution in [0.2, 0.25) is 0 Å². The molecule has 0 unspecified atom stereocenters. The van der Waals surface area contributed by atoms with Crippen LogP contribution in [0.15, 0.2) is 36.5 Å². The molecule has 2 heterocycles. The lowest BCUT2D eigenvalue weighted by atomic mass is 9.93. The molecule has 23 heavy (non-hydrogen) atoms. The standard InChI is InChI=1S/C17H20FN3OS/c18-15-12-21(14-4-2-1-3-5-14)19-17(15)13-6-9-20(10-7-13)16(22)8-11-23/h1-5,12-13,23H,6-11H2. The molecule has 0 atom stereocenters. The number of aromatic nitrogens is 2. The van der Waals surface area contributed by atoms with E-state index in [1.165, 1.54) is 6.20 Å². The first-order chi connectivity index (χ1) is 11.2. The van der Waals surface area contributed by atoms with Gasteiger partial charge in [-0.05, 0) is 30.7 Å². The van der Waals surface area contributed by atoms with Gasteiger partial charge in [-0.3, -0.25) is 4.79 Å². The Morgan fingerprint density at radius 1 is 1.26 bits per heavy atom. The molecule has 1 aliphatic heterocycles. The zero-order valence-corrected chi connectivity index (χ0v) is 13.8. The molecule has 4 nitrogen and oxygen atoms in total. The molecule has 2 aromatic rings. The van der Waals surface area contributed by atoms with E-state index in [4.69, 9.17) is 0 Å². The number of hydrogen-bond donors (Lipinski definition) is 1. The maximum absolute atomic E-state index is 14.3. The molecule has 1 amide bonds. The first kappa shape index (κ1) is 16.1. The molecular weight excluding hydrogens is 313 g/mol. The first-order valence-corrected chi connectivity index (χ1v) is 8.51. The first-order valence-electron chi connectivity index (χ1n) is 7.88. The number of para-hydroxylation sites is 1. The molecule has 6 heteroatoms. The molecule has 1 saturated heterocycles. The number of piperidine rings is 1. The Kier molecular flexibility index (Phi) is 5.00. The van der Waals surface area contributed by atoms with Crippen molar-refractivity contribution in [3.63, 3.8) is 0 Å². The Morgan fingerprint density at radius 3 is 2.61 bits per heavy atom. The summed E-state index contributed by atoms with van der Waals surface area (Å²) in [5.41, 5.74) is 1.36. The Morgan fingerprint density at radius 2 is 1.96 bits per heavy atom. The maximum atomic E-state index is 14.3. The fraction of sp³-hybridized carbons (Fsp3) is 0.412. The van der Waals surface area contributed by atoms with Crippen LogP contribution in [0.4, 0.5) is 4.39 Å². The normalized spacial score (nSPS) is 15.8. The molecule has 3 rings (SSSR count). The summed E-state index contributed by atoms with van der Waals surface area (Å²) in [5.74, 6) is 0.497. The van der Waals surface area contributed by atoms with E-state index in [-0.39, 0.29) is 17.6 Å². The summed E-state index contributed by atoms with van der Waals surface area (Å²) in [7, 11) is 0. The van der Waals surface area contributed by atoms with Gasteiger partial charge in [0, 0.05) is 25.4 Å². The van der Waals surface area contributed by atoms with E-state index < -0.39 is 0 Å². The number of nitrogens with zero attached hydrogens (tertiary/aromatic N) is 3. The van der Waals surface area contributed by atoms with Crippen molar-refractivity contribution in [3.05, 3.63) is 48.0 Å². The fourth-order valence-electron chi connectivity index (χ4n) is 3.01. The van der Waals surface area contributed by atoms with E-state index in [1.54, 1.807) is 4.68 Å². The average molecular weight is 333 g/mol. The van der Waals surface area contributed by atoms with E-state index in [0.717, 1.165) is 18.5 Å². The van der Waals surface area contributed by atoms with Crippen molar-refractivity contribution >= 4 is 18.5 Å². The van der Waals surface area contributed by atoms with Crippen LogP contribution in [0.5, 0.6) is 0 Å². The van der Waals surface area contributed by atoms with Gasteiger partial charge in [-0.1, -0.05) is 18.2 Å². The Balaban J connectivity index is 1.69. The van der Waals surface area contributed by atoms with Crippen LogP contribution in [0.1, 0.15) is 30.9 Å². The lowest BCUT2D eigenvalue weighted by Crippen LogP contribution is -2.38. The number of likely N-dealkylation sites (tertiary alicyclic amines) is 1. The van der Waals surface area contributed by atoms with Crippen LogP contribution in [0.3, 0.4) is 0 Å². The third kappa shape index (κ3) is 3.58. The summed E-state index contributed by atoms with van der Waals surface area (Å²) < 4.78 is 15.9. The molecule has 0 bridgehead atoms. The van der Waals surface area contributed by atoms with Gasteiger partial charge in [-0.15, -0.1) is 0 Å². The van der Waals surface area contributed by atoms with Crippen molar-refractivity contribution in [1.29, 1.82) is 0 Å². The predicted octanol–water partition coefficient (Wildman–Crippen LogP) is 3.04. The minimum Gasteiger partial charge on any atom is -0.343 e. The summed E-state index contributed by atoms with van der Waals surface area (Å²) in [5, 5.41) is 4.44. The van der Waals surface area contributed by atoms with Crippen molar-refractivity contribution < 1.29 is 9.18 Å². The molecule has 0 radical (unpaired) electrons.